The first-order chi connectivity index (χ1) is 9.33. The number of aromatic nitrogens is 2. The lowest BCUT2D eigenvalue weighted by atomic mass is 10.0. The molecule has 0 N–H and O–H groups in total. The Labute approximate surface area is 111 Å². The third-order valence-corrected chi connectivity index (χ3v) is 3.21. The predicted molar refractivity (Wildman–Crippen MR) is 70.3 cm³/mol. The van der Waals surface area contributed by atoms with Crippen molar-refractivity contribution in [1.29, 1.82) is 0 Å². The zero-order valence-corrected chi connectivity index (χ0v) is 10.5. The van der Waals surface area contributed by atoms with Gasteiger partial charge in [-0.15, -0.1) is 0 Å². The summed E-state index contributed by atoms with van der Waals surface area (Å²) in [5.41, 5.74) is 2.40. The minimum Gasteiger partial charge on any atom is -0.493 e. The van der Waals surface area contributed by atoms with E-state index in [0.717, 1.165) is 24.3 Å². The number of aryl methyl sites for hydroxylation is 1. The molecule has 96 valence electrons. The zero-order chi connectivity index (χ0) is 13.1. The van der Waals surface area contributed by atoms with Gasteiger partial charge in [0.05, 0.1) is 6.61 Å². The van der Waals surface area contributed by atoms with Gasteiger partial charge in [0.25, 0.3) is 0 Å². The first-order valence-corrected chi connectivity index (χ1v) is 6.38. The van der Waals surface area contributed by atoms with Crippen molar-refractivity contribution in [3.8, 4) is 5.75 Å². The Balaban J connectivity index is 1.65. The largest absolute Gasteiger partial charge is 0.493 e. The van der Waals surface area contributed by atoms with E-state index in [2.05, 4.69) is 16.0 Å². The zero-order valence-electron chi connectivity index (χ0n) is 10.5. The Morgan fingerprint density at radius 3 is 2.95 bits per heavy atom. The van der Waals surface area contributed by atoms with Crippen molar-refractivity contribution in [2.45, 2.75) is 19.3 Å². The Bertz CT molecular complexity index is 596. The number of hydrogen-bond acceptors (Lipinski definition) is 4. The summed E-state index contributed by atoms with van der Waals surface area (Å²) >= 11 is 0. The van der Waals surface area contributed by atoms with Gasteiger partial charge < -0.3 is 4.74 Å². The summed E-state index contributed by atoms with van der Waals surface area (Å²) in [5, 5.41) is 0. The van der Waals surface area contributed by atoms with Crippen LogP contribution in [-0.4, -0.2) is 22.4 Å². The number of carbonyl (C=O) groups excluding carboxylic acids is 1. The van der Waals surface area contributed by atoms with Crippen LogP contribution in [0.2, 0.25) is 0 Å². The SMILES string of the molecule is O=C(CCc1ccc2c(c1)CCO2)c1ncccn1. The molecule has 0 bridgehead atoms. The molecule has 4 nitrogen and oxygen atoms in total. The maximum atomic E-state index is 11.9. The summed E-state index contributed by atoms with van der Waals surface area (Å²) < 4.78 is 5.46. The average molecular weight is 254 g/mol. The van der Waals surface area contributed by atoms with Crippen LogP contribution in [0.4, 0.5) is 0 Å². The van der Waals surface area contributed by atoms with Crippen molar-refractivity contribution in [3.05, 3.63) is 53.6 Å². The molecule has 1 aromatic heterocycles. The molecule has 3 rings (SSSR count). The molecule has 0 radical (unpaired) electrons. The fourth-order valence-corrected chi connectivity index (χ4v) is 2.21. The molecule has 1 aliphatic heterocycles. The lowest BCUT2D eigenvalue weighted by molar-refractivity contribution is 0.0972. The number of ether oxygens (including phenoxy) is 1. The van der Waals surface area contributed by atoms with Gasteiger partial charge in [-0.25, -0.2) is 9.97 Å². The summed E-state index contributed by atoms with van der Waals surface area (Å²) in [4.78, 5) is 19.8. The second-order valence-corrected chi connectivity index (χ2v) is 4.54. The fraction of sp³-hybridized carbons (Fsp3) is 0.267. The minimum absolute atomic E-state index is 0.0163. The van der Waals surface area contributed by atoms with Gasteiger partial charge in [-0.2, -0.15) is 0 Å². The van der Waals surface area contributed by atoms with Crippen LogP contribution in [0, 0.1) is 0 Å². The normalized spacial score (nSPS) is 12.8. The molecule has 1 aliphatic rings. The van der Waals surface area contributed by atoms with Crippen molar-refractivity contribution in [2.75, 3.05) is 6.61 Å². The highest BCUT2D eigenvalue weighted by Gasteiger charge is 2.13. The van der Waals surface area contributed by atoms with Crippen molar-refractivity contribution in [1.82, 2.24) is 9.97 Å². The number of fused-ring (bicyclic) bond motifs is 1. The topological polar surface area (TPSA) is 52.1 Å². The molecule has 0 aliphatic carbocycles. The number of nitrogens with zero attached hydrogens (tertiary/aromatic N) is 2. The van der Waals surface area contributed by atoms with Gasteiger partial charge >= 0.3 is 0 Å². The molecular weight excluding hydrogens is 240 g/mol. The first kappa shape index (κ1) is 11.8. The van der Waals surface area contributed by atoms with Gasteiger partial charge in [0, 0.05) is 25.2 Å². The van der Waals surface area contributed by atoms with E-state index in [0.29, 0.717) is 18.7 Å². The molecule has 1 aromatic carbocycles. The standard InChI is InChI=1S/C15H14N2O2/c18-13(15-16-7-1-8-17-15)4-2-11-3-5-14-12(10-11)6-9-19-14/h1,3,5,7-8,10H,2,4,6,9H2. The molecule has 0 saturated heterocycles. The summed E-state index contributed by atoms with van der Waals surface area (Å²) in [6, 6.07) is 7.84. The lowest BCUT2D eigenvalue weighted by Gasteiger charge is -2.03. The maximum absolute atomic E-state index is 11.9. The van der Waals surface area contributed by atoms with Crippen LogP contribution in [0.25, 0.3) is 0 Å². The van der Waals surface area contributed by atoms with Crippen LogP contribution in [0.5, 0.6) is 5.75 Å². The predicted octanol–water partition coefficient (Wildman–Crippen LogP) is 2.23. The number of Topliss-reactive ketones (excluding diaryl/α,β-unsaturated/α-hetero) is 1. The van der Waals surface area contributed by atoms with Crippen molar-refractivity contribution < 1.29 is 9.53 Å². The van der Waals surface area contributed by atoms with Crippen LogP contribution in [-0.2, 0) is 12.8 Å². The molecular formula is C15H14N2O2. The fourth-order valence-electron chi connectivity index (χ4n) is 2.21. The molecule has 19 heavy (non-hydrogen) atoms. The summed E-state index contributed by atoms with van der Waals surface area (Å²) in [6.45, 7) is 0.759. The van der Waals surface area contributed by atoms with Crippen LogP contribution in [0.3, 0.4) is 0 Å². The van der Waals surface area contributed by atoms with Gasteiger partial charge in [-0.3, -0.25) is 4.79 Å². The second-order valence-electron chi connectivity index (χ2n) is 4.54. The molecule has 0 amide bonds. The number of hydrogen-bond donors (Lipinski definition) is 0. The second kappa shape index (κ2) is 5.18. The maximum Gasteiger partial charge on any atom is 0.200 e. The van der Waals surface area contributed by atoms with E-state index in [1.165, 1.54) is 5.56 Å². The first-order valence-electron chi connectivity index (χ1n) is 6.38. The highest BCUT2D eigenvalue weighted by molar-refractivity contribution is 5.92. The van der Waals surface area contributed by atoms with Crippen LogP contribution >= 0.6 is 0 Å². The van der Waals surface area contributed by atoms with E-state index in [4.69, 9.17) is 4.74 Å². The van der Waals surface area contributed by atoms with E-state index in [1.54, 1.807) is 18.5 Å². The van der Waals surface area contributed by atoms with Gasteiger partial charge in [0.2, 0.25) is 0 Å². The smallest absolute Gasteiger partial charge is 0.200 e. The van der Waals surface area contributed by atoms with Crippen LogP contribution in [0.1, 0.15) is 28.2 Å². The quantitative estimate of drug-likeness (QED) is 0.785. The highest BCUT2D eigenvalue weighted by Crippen LogP contribution is 2.26. The number of carbonyl (C=O) groups is 1. The molecule has 2 heterocycles. The summed E-state index contributed by atoms with van der Waals surface area (Å²) in [5.74, 6) is 1.26. The molecule has 0 spiro atoms. The van der Waals surface area contributed by atoms with Crippen molar-refractivity contribution in [3.63, 3.8) is 0 Å². The molecule has 0 saturated carbocycles. The van der Waals surface area contributed by atoms with E-state index in [9.17, 15) is 4.79 Å². The van der Waals surface area contributed by atoms with Gasteiger partial charge in [-0.05, 0) is 29.7 Å². The van der Waals surface area contributed by atoms with E-state index in [-0.39, 0.29) is 5.78 Å². The van der Waals surface area contributed by atoms with Crippen molar-refractivity contribution >= 4 is 5.78 Å². The third kappa shape index (κ3) is 2.62. The van der Waals surface area contributed by atoms with Crippen molar-refractivity contribution in [2.24, 2.45) is 0 Å². The summed E-state index contributed by atoms with van der Waals surface area (Å²) in [7, 11) is 0. The Hall–Kier alpha value is -2.23. The van der Waals surface area contributed by atoms with E-state index >= 15 is 0 Å². The lowest BCUT2D eigenvalue weighted by Crippen LogP contribution is -2.06. The number of ketones is 1. The van der Waals surface area contributed by atoms with E-state index < -0.39 is 0 Å². The number of benzene rings is 1. The van der Waals surface area contributed by atoms with Crippen LogP contribution < -0.4 is 4.74 Å². The molecule has 0 atom stereocenters. The molecule has 0 unspecified atom stereocenters. The molecule has 4 heteroatoms. The number of rotatable bonds is 4. The highest BCUT2D eigenvalue weighted by atomic mass is 16.5. The minimum atomic E-state index is -0.0163. The van der Waals surface area contributed by atoms with Gasteiger partial charge in [0.1, 0.15) is 5.75 Å². The monoisotopic (exact) mass is 254 g/mol. The Morgan fingerprint density at radius 2 is 2.11 bits per heavy atom. The van der Waals surface area contributed by atoms with Gasteiger partial charge in [0.15, 0.2) is 11.6 Å². The third-order valence-electron chi connectivity index (χ3n) is 3.21. The molecule has 2 aromatic rings. The Kier molecular flexibility index (Phi) is 3.23. The summed E-state index contributed by atoms with van der Waals surface area (Å²) in [6.07, 6.45) is 5.28. The van der Waals surface area contributed by atoms with E-state index in [1.807, 2.05) is 12.1 Å². The van der Waals surface area contributed by atoms with Gasteiger partial charge in [-0.1, -0.05) is 12.1 Å². The Morgan fingerprint density at radius 1 is 1.26 bits per heavy atom. The average Bonchev–Trinajstić information content (AvgIpc) is 2.93. The molecule has 0 fully saturated rings. The van der Waals surface area contributed by atoms with Crippen LogP contribution in [0.15, 0.2) is 36.7 Å².